The highest BCUT2D eigenvalue weighted by atomic mass is 32.2. The molecule has 23 heavy (non-hydrogen) atoms. The van der Waals surface area contributed by atoms with Crippen LogP contribution in [0.4, 0.5) is 0 Å². The fourth-order valence-corrected chi connectivity index (χ4v) is 4.13. The molecule has 2 rings (SSSR count). The maximum absolute atomic E-state index is 5.54. The first kappa shape index (κ1) is 18.1. The monoisotopic (exact) mass is 335 g/mol. The van der Waals surface area contributed by atoms with Gasteiger partial charge in [0.15, 0.2) is 5.96 Å². The van der Waals surface area contributed by atoms with Gasteiger partial charge >= 0.3 is 0 Å². The summed E-state index contributed by atoms with van der Waals surface area (Å²) in [6.07, 6.45) is 2.20. The van der Waals surface area contributed by atoms with E-state index in [1.807, 2.05) is 24.9 Å². The third kappa shape index (κ3) is 5.43. The second-order valence-electron chi connectivity index (χ2n) is 5.93. The van der Waals surface area contributed by atoms with Gasteiger partial charge in [-0.3, -0.25) is 4.99 Å². The van der Waals surface area contributed by atoms with Crippen LogP contribution in [0.5, 0.6) is 0 Å². The smallest absolute Gasteiger partial charge is 0.191 e. The molecule has 1 heterocycles. The van der Waals surface area contributed by atoms with Gasteiger partial charge in [0, 0.05) is 31.6 Å². The zero-order valence-corrected chi connectivity index (χ0v) is 15.3. The average Bonchev–Trinajstić information content (AvgIpc) is 2.60. The first-order valence-electron chi connectivity index (χ1n) is 8.43. The molecule has 1 aromatic carbocycles. The van der Waals surface area contributed by atoms with Crippen LogP contribution in [0.25, 0.3) is 0 Å². The van der Waals surface area contributed by atoms with Gasteiger partial charge in [-0.2, -0.15) is 11.8 Å². The molecule has 5 heteroatoms. The molecule has 1 fully saturated rings. The molecule has 4 nitrogen and oxygen atoms in total. The lowest BCUT2D eigenvalue weighted by Gasteiger charge is -2.37. The molecule has 1 aliphatic heterocycles. The number of aliphatic imine (C=N–C) groups is 1. The second kappa shape index (κ2) is 9.18. The molecular formula is C18H29N3OS. The number of hydrogen-bond donors (Lipinski definition) is 2. The lowest BCUT2D eigenvalue weighted by atomic mass is 9.99. The standard InChI is InChI=1S/C18H29N3OS/c1-4-23-18(10-12-22-13-11-18)14-20-17(19-3)21-15(2)16-8-6-5-7-9-16/h5-9,15H,4,10-14H2,1-3H3,(H2,19,20,21). The molecule has 1 aromatic rings. The third-order valence-electron chi connectivity index (χ3n) is 4.31. The number of hydrogen-bond acceptors (Lipinski definition) is 3. The van der Waals surface area contributed by atoms with E-state index in [1.54, 1.807) is 0 Å². The summed E-state index contributed by atoms with van der Waals surface area (Å²) in [4.78, 5) is 4.38. The van der Waals surface area contributed by atoms with Crippen LogP contribution in [0.15, 0.2) is 35.3 Å². The number of rotatable bonds is 6. The van der Waals surface area contributed by atoms with Crippen LogP contribution >= 0.6 is 11.8 Å². The molecule has 0 spiro atoms. The number of ether oxygens (including phenoxy) is 1. The van der Waals surface area contributed by atoms with Gasteiger partial charge in [0.25, 0.3) is 0 Å². The van der Waals surface area contributed by atoms with Crippen molar-refractivity contribution in [3.8, 4) is 0 Å². The van der Waals surface area contributed by atoms with E-state index in [0.717, 1.165) is 44.3 Å². The topological polar surface area (TPSA) is 45.7 Å². The van der Waals surface area contributed by atoms with Crippen molar-refractivity contribution in [2.45, 2.75) is 37.5 Å². The van der Waals surface area contributed by atoms with Gasteiger partial charge in [0.1, 0.15) is 0 Å². The van der Waals surface area contributed by atoms with Gasteiger partial charge in [-0.15, -0.1) is 0 Å². The fourth-order valence-electron chi connectivity index (χ4n) is 2.89. The second-order valence-corrected chi connectivity index (χ2v) is 7.66. The molecule has 0 bridgehead atoms. The molecule has 1 saturated heterocycles. The summed E-state index contributed by atoms with van der Waals surface area (Å²) in [5, 5.41) is 7.01. The lowest BCUT2D eigenvalue weighted by molar-refractivity contribution is 0.0782. The highest BCUT2D eigenvalue weighted by Gasteiger charge is 2.32. The minimum atomic E-state index is 0.229. The zero-order valence-electron chi connectivity index (χ0n) is 14.5. The fraction of sp³-hybridized carbons (Fsp3) is 0.611. The average molecular weight is 336 g/mol. The molecule has 0 aliphatic carbocycles. The van der Waals surface area contributed by atoms with E-state index in [2.05, 4.69) is 53.7 Å². The molecule has 0 radical (unpaired) electrons. The van der Waals surface area contributed by atoms with Crippen molar-refractivity contribution in [2.24, 2.45) is 4.99 Å². The molecule has 1 aliphatic rings. The zero-order chi connectivity index (χ0) is 16.5. The van der Waals surface area contributed by atoms with Gasteiger partial charge in [-0.25, -0.2) is 0 Å². The van der Waals surface area contributed by atoms with Gasteiger partial charge in [0.05, 0.1) is 6.04 Å². The summed E-state index contributed by atoms with van der Waals surface area (Å²) in [6, 6.07) is 10.7. The van der Waals surface area contributed by atoms with Gasteiger partial charge < -0.3 is 15.4 Å². The number of nitrogens with zero attached hydrogens (tertiary/aromatic N) is 1. The molecule has 2 N–H and O–H groups in total. The Morgan fingerprint density at radius 1 is 1.30 bits per heavy atom. The molecule has 1 atom stereocenters. The van der Waals surface area contributed by atoms with Crippen LogP contribution in [-0.2, 0) is 4.74 Å². The van der Waals surface area contributed by atoms with Crippen LogP contribution in [0.1, 0.15) is 38.3 Å². The first-order valence-corrected chi connectivity index (χ1v) is 9.41. The van der Waals surface area contributed by atoms with Crippen LogP contribution in [0.2, 0.25) is 0 Å². The normalized spacial score (nSPS) is 19.2. The van der Waals surface area contributed by atoms with E-state index in [-0.39, 0.29) is 10.8 Å². The Morgan fingerprint density at radius 3 is 2.61 bits per heavy atom. The van der Waals surface area contributed by atoms with Gasteiger partial charge in [-0.1, -0.05) is 37.3 Å². The van der Waals surface area contributed by atoms with Crippen molar-refractivity contribution in [3.05, 3.63) is 35.9 Å². The number of guanidine groups is 1. The molecule has 0 amide bonds. The molecule has 0 aromatic heterocycles. The van der Waals surface area contributed by atoms with E-state index >= 15 is 0 Å². The van der Waals surface area contributed by atoms with E-state index in [4.69, 9.17) is 4.74 Å². The van der Waals surface area contributed by atoms with E-state index in [0.29, 0.717) is 0 Å². The molecular weight excluding hydrogens is 306 g/mol. The Bertz CT molecular complexity index is 481. The summed E-state index contributed by atoms with van der Waals surface area (Å²) < 4.78 is 5.80. The van der Waals surface area contributed by atoms with Crippen molar-refractivity contribution < 1.29 is 4.74 Å². The van der Waals surface area contributed by atoms with E-state index in [1.165, 1.54) is 5.56 Å². The Kier molecular flexibility index (Phi) is 7.24. The maximum atomic E-state index is 5.54. The highest BCUT2D eigenvalue weighted by molar-refractivity contribution is 8.00. The van der Waals surface area contributed by atoms with Crippen molar-refractivity contribution in [1.29, 1.82) is 0 Å². The summed E-state index contributed by atoms with van der Waals surface area (Å²) in [5.41, 5.74) is 1.26. The Hall–Kier alpha value is -1.20. The summed E-state index contributed by atoms with van der Waals surface area (Å²) in [6.45, 7) is 7.04. The Morgan fingerprint density at radius 2 is 2.00 bits per heavy atom. The number of benzene rings is 1. The van der Waals surface area contributed by atoms with E-state index in [9.17, 15) is 0 Å². The Labute approximate surface area is 144 Å². The summed E-state index contributed by atoms with van der Waals surface area (Å²) in [5.74, 6) is 2.00. The minimum absolute atomic E-state index is 0.229. The van der Waals surface area contributed by atoms with Crippen molar-refractivity contribution in [1.82, 2.24) is 10.6 Å². The van der Waals surface area contributed by atoms with Gasteiger partial charge in [0.2, 0.25) is 0 Å². The molecule has 1 unspecified atom stereocenters. The van der Waals surface area contributed by atoms with Crippen LogP contribution < -0.4 is 10.6 Å². The van der Waals surface area contributed by atoms with Crippen LogP contribution in [-0.4, -0.2) is 43.3 Å². The van der Waals surface area contributed by atoms with E-state index < -0.39 is 0 Å². The predicted molar refractivity (Wildman–Crippen MR) is 100 cm³/mol. The third-order valence-corrected chi connectivity index (χ3v) is 5.76. The van der Waals surface area contributed by atoms with Gasteiger partial charge in [-0.05, 0) is 31.1 Å². The van der Waals surface area contributed by atoms with Crippen LogP contribution in [0, 0.1) is 0 Å². The van der Waals surface area contributed by atoms with Crippen molar-refractivity contribution in [3.63, 3.8) is 0 Å². The first-order chi connectivity index (χ1) is 11.2. The number of nitrogens with one attached hydrogen (secondary N) is 2. The van der Waals surface area contributed by atoms with Crippen LogP contribution in [0.3, 0.4) is 0 Å². The highest BCUT2D eigenvalue weighted by Crippen LogP contribution is 2.34. The maximum Gasteiger partial charge on any atom is 0.191 e. The summed E-state index contributed by atoms with van der Waals surface area (Å²) >= 11 is 2.04. The lowest BCUT2D eigenvalue weighted by Crippen LogP contribution is -2.48. The largest absolute Gasteiger partial charge is 0.381 e. The predicted octanol–water partition coefficient (Wildman–Crippen LogP) is 3.21. The summed E-state index contributed by atoms with van der Waals surface area (Å²) in [7, 11) is 1.83. The molecule has 128 valence electrons. The minimum Gasteiger partial charge on any atom is -0.381 e. The quantitative estimate of drug-likeness (QED) is 0.619. The SMILES string of the molecule is CCSC1(CNC(=NC)NC(C)c2ccccc2)CCOCC1. The molecule has 0 saturated carbocycles. The van der Waals surface area contributed by atoms with Crippen molar-refractivity contribution in [2.75, 3.05) is 32.6 Å². The Balaban J connectivity index is 1.91. The number of thioether (sulfide) groups is 1. The van der Waals surface area contributed by atoms with Crippen molar-refractivity contribution >= 4 is 17.7 Å².